The van der Waals surface area contributed by atoms with E-state index in [2.05, 4.69) is 18.2 Å². The Morgan fingerprint density at radius 2 is 1.38 bits per heavy atom. The molecule has 1 heteroatoms. The minimum Gasteiger partial charge on any atom is -0.294 e. The number of hydrogen-bond acceptors (Lipinski definition) is 1. The van der Waals surface area contributed by atoms with Crippen molar-refractivity contribution >= 4 is 5.78 Å². The summed E-state index contributed by atoms with van der Waals surface area (Å²) < 4.78 is 0. The van der Waals surface area contributed by atoms with Crippen LogP contribution in [0.25, 0.3) is 0 Å². The molecule has 1 aromatic carbocycles. The third-order valence-electron chi connectivity index (χ3n) is 6.37. The van der Waals surface area contributed by atoms with Crippen LogP contribution in [0.1, 0.15) is 99.4 Å². The summed E-state index contributed by atoms with van der Waals surface area (Å²) in [5, 5.41) is 0. The van der Waals surface area contributed by atoms with Crippen LogP contribution in [0.3, 0.4) is 0 Å². The third-order valence-corrected chi connectivity index (χ3v) is 6.37. The van der Waals surface area contributed by atoms with Crippen LogP contribution in [0.4, 0.5) is 0 Å². The maximum absolute atomic E-state index is 12.8. The normalized spacial score (nSPS) is 20.2. The molecule has 0 atom stereocenters. The molecule has 0 saturated heterocycles. The highest BCUT2D eigenvalue weighted by molar-refractivity contribution is 5.97. The molecule has 0 amide bonds. The van der Waals surface area contributed by atoms with Gasteiger partial charge >= 0.3 is 0 Å². The van der Waals surface area contributed by atoms with Crippen LogP contribution >= 0.6 is 0 Å². The second-order valence-corrected chi connectivity index (χ2v) is 8.17. The zero-order chi connectivity index (χ0) is 16.6. The molecule has 0 heterocycles. The van der Waals surface area contributed by atoms with Crippen molar-refractivity contribution in [2.24, 2.45) is 11.8 Å². The summed E-state index contributed by atoms with van der Waals surface area (Å²) in [7, 11) is 0. The van der Waals surface area contributed by atoms with Gasteiger partial charge in [0, 0.05) is 12.0 Å². The predicted octanol–water partition coefficient (Wildman–Crippen LogP) is 6.74. The van der Waals surface area contributed by atoms with Crippen molar-refractivity contribution in [1.82, 2.24) is 0 Å². The molecule has 0 bridgehead atoms. The quantitative estimate of drug-likeness (QED) is 0.507. The highest BCUT2D eigenvalue weighted by Gasteiger charge is 2.18. The molecule has 0 radical (unpaired) electrons. The first kappa shape index (κ1) is 17.7. The summed E-state index contributed by atoms with van der Waals surface area (Å²) >= 11 is 0. The molecule has 1 aromatic rings. The first-order valence-corrected chi connectivity index (χ1v) is 10.4. The first-order valence-electron chi connectivity index (χ1n) is 10.4. The van der Waals surface area contributed by atoms with Crippen molar-refractivity contribution in [2.45, 2.75) is 89.9 Å². The molecular formula is C23H34O. The number of rotatable bonds is 7. The summed E-state index contributed by atoms with van der Waals surface area (Å²) in [6.07, 6.45) is 18.1. The van der Waals surface area contributed by atoms with Crippen molar-refractivity contribution in [3.8, 4) is 0 Å². The van der Waals surface area contributed by atoms with Gasteiger partial charge in [0.1, 0.15) is 0 Å². The van der Waals surface area contributed by atoms with Crippen LogP contribution in [0, 0.1) is 11.8 Å². The van der Waals surface area contributed by atoms with Crippen LogP contribution in [0.5, 0.6) is 0 Å². The molecule has 2 aliphatic rings. The summed E-state index contributed by atoms with van der Waals surface area (Å²) in [5.41, 5.74) is 2.32. The Kier molecular flexibility index (Phi) is 6.93. The Hall–Kier alpha value is -1.11. The van der Waals surface area contributed by atoms with Gasteiger partial charge in [-0.1, -0.05) is 88.5 Å². The van der Waals surface area contributed by atoms with Gasteiger partial charge in [0.25, 0.3) is 0 Å². The van der Waals surface area contributed by atoms with E-state index in [1.807, 2.05) is 6.07 Å². The highest BCUT2D eigenvalue weighted by atomic mass is 16.1. The fraction of sp³-hybridized carbons (Fsp3) is 0.696. The van der Waals surface area contributed by atoms with Gasteiger partial charge < -0.3 is 0 Å². The van der Waals surface area contributed by atoms with Crippen LogP contribution < -0.4 is 0 Å². The second kappa shape index (κ2) is 9.39. The van der Waals surface area contributed by atoms with Crippen molar-refractivity contribution in [3.05, 3.63) is 35.4 Å². The van der Waals surface area contributed by atoms with Gasteiger partial charge in [-0.3, -0.25) is 4.79 Å². The first-order chi connectivity index (χ1) is 11.8. The largest absolute Gasteiger partial charge is 0.294 e. The second-order valence-electron chi connectivity index (χ2n) is 8.17. The number of benzene rings is 1. The maximum Gasteiger partial charge on any atom is 0.163 e. The fourth-order valence-corrected chi connectivity index (χ4v) is 4.79. The van der Waals surface area contributed by atoms with Gasteiger partial charge in [0.2, 0.25) is 0 Å². The number of Topliss-reactive ketones (excluding diaryl/α,β-unsaturated/α-hetero) is 1. The average molecular weight is 327 g/mol. The van der Waals surface area contributed by atoms with Crippen molar-refractivity contribution in [3.63, 3.8) is 0 Å². The number of ketones is 1. The number of carbonyl (C=O) groups is 1. The monoisotopic (exact) mass is 326 g/mol. The fourth-order valence-electron chi connectivity index (χ4n) is 4.79. The smallest absolute Gasteiger partial charge is 0.163 e. The average Bonchev–Trinajstić information content (AvgIpc) is 2.66. The molecule has 2 saturated carbocycles. The molecule has 2 fully saturated rings. The molecule has 132 valence electrons. The zero-order valence-electron chi connectivity index (χ0n) is 15.3. The van der Waals surface area contributed by atoms with Crippen LogP contribution in [-0.2, 0) is 6.42 Å². The van der Waals surface area contributed by atoms with Crippen molar-refractivity contribution in [1.29, 1.82) is 0 Å². The highest BCUT2D eigenvalue weighted by Crippen LogP contribution is 2.30. The standard InChI is InChI=1S/C23H34O/c24-23(18-16-20-11-5-2-6-12-20)22-14-8-7-13-21(22)17-15-19-9-3-1-4-10-19/h7-8,13-14,19-20H,1-6,9-12,15-18H2. The SMILES string of the molecule is O=C(CCC1CCCCC1)c1ccccc1CCC1CCCCC1. The Bertz CT molecular complexity index is 507. The molecule has 24 heavy (non-hydrogen) atoms. The van der Waals surface area contributed by atoms with Crippen LogP contribution in [0.15, 0.2) is 24.3 Å². The lowest BCUT2D eigenvalue weighted by molar-refractivity contribution is 0.0969. The van der Waals surface area contributed by atoms with Gasteiger partial charge in [0.15, 0.2) is 5.78 Å². The maximum atomic E-state index is 12.8. The van der Waals surface area contributed by atoms with E-state index in [1.54, 1.807) is 0 Å². The van der Waals surface area contributed by atoms with E-state index < -0.39 is 0 Å². The van der Waals surface area contributed by atoms with Crippen LogP contribution in [0.2, 0.25) is 0 Å². The molecular weight excluding hydrogens is 292 g/mol. The van der Waals surface area contributed by atoms with E-state index in [1.165, 1.54) is 76.2 Å². The molecule has 3 rings (SSSR count). The molecule has 2 aliphatic carbocycles. The topological polar surface area (TPSA) is 17.1 Å². The molecule has 0 N–H and O–H groups in total. The summed E-state index contributed by atoms with van der Waals surface area (Å²) in [4.78, 5) is 12.8. The van der Waals surface area contributed by atoms with Gasteiger partial charge in [-0.15, -0.1) is 0 Å². The third kappa shape index (κ3) is 5.19. The van der Waals surface area contributed by atoms with Crippen LogP contribution in [-0.4, -0.2) is 5.78 Å². The van der Waals surface area contributed by atoms with E-state index in [0.29, 0.717) is 5.78 Å². The van der Waals surface area contributed by atoms with E-state index in [9.17, 15) is 4.79 Å². The molecule has 0 aliphatic heterocycles. The lowest BCUT2D eigenvalue weighted by Gasteiger charge is -2.22. The summed E-state index contributed by atoms with van der Waals surface area (Å²) in [6, 6.07) is 8.40. The minimum atomic E-state index is 0.389. The number of hydrogen-bond donors (Lipinski definition) is 0. The lowest BCUT2D eigenvalue weighted by Crippen LogP contribution is -2.11. The molecule has 0 spiro atoms. The van der Waals surface area contributed by atoms with E-state index in [0.717, 1.165) is 36.7 Å². The lowest BCUT2D eigenvalue weighted by atomic mass is 9.83. The van der Waals surface area contributed by atoms with Crippen molar-refractivity contribution < 1.29 is 4.79 Å². The Morgan fingerprint density at radius 3 is 2.04 bits per heavy atom. The Balaban J connectivity index is 1.52. The summed E-state index contributed by atoms with van der Waals surface area (Å²) in [6.45, 7) is 0. The van der Waals surface area contributed by atoms with E-state index in [-0.39, 0.29) is 0 Å². The number of aryl methyl sites for hydroxylation is 1. The molecule has 0 aromatic heterocycles. The van der Waals surface area contributed by atoms with Gasteiger partial charge in [-0.05, 0) is 36.7 Å². The van der Waals surface area contributed by atoms with E-state index >= 15 is 0 Å². The van der Waals surface area contributed by atoms with Gasteiger partial charge in [0.05, 0.1) is 0 Å². The molecule has 1 nitrogen and oxygen atoms in total. The minimum absolute atomic E-state index is 0.389. The number of carbonyl (C=O) groups excluding carboxylic acids is 1. The Morgan fingerprint density at radius 1 is 0.792 bits per heavy atom. The Labute approximate surface area is 148 Å². The zero-order valence-corrected chi connectivity index (χ0v) is 15.3. The molecule has 0 unspecified atom stereocenters. The van der Waals surface area contributed by atoms with Gasteiger partial charge in [-0.25, -0.2) is 0 Å². The predicted molar refractivity (Wildman–Crippen MR) is 101 cm³/mol. The van der Waals surface area contributed by atoms with E-state index in [4.69, 9.17) is 0 Å². The van der Waals surface area contributed by atoms with Crippen molar-refractivity contribution in [2.75, 3.05) is 0 Å². The van der Waals surface area contributed by atoms with Gasteiger partial charge in [-0.2, -0.15) is 0 Å². The summed E-state index contributed by atoms with van der Waals surface area (Å²) in [5.74, 6) is 2.08.